The second-order valence-corrected chi connectivity index (χ2v) is 11.6. The summed E-state index contributed by atoms with van der Waals surface area (Å²) >= 11 is 5.74. The van der Waals surface area contributed by atoms with Crippen molar-refractivity contribution in [1.29, 1.82) is 0 Å². The molecule has 1 N–H and O–H groups in total. The molecule has 1 aliphatic heterocycles. The van der Waals surface area contributed by atoms with Gasteiger partial charge in [0.15, 0.2) is 0 Å². The summed E-state index contributed by atoms with van der Waals surface area (Å²) in [6.07, 6.45) is -1.27. The molecule has 5 aromatic rings. The van der Waals surface area contributed by atoms with Gasteiger partial charge in [-0.1, -0.05) is 66.2 Å². The summed E-state index contributed by atoms with van der Waals surface area (Å²) in [6, 6.07) is 23.1. The van der Waals surface area contributed by atoms with Crippen LogP contribution in [0.5, 0.6) is 11.6 Å². The SMILES string of the molecule is O=C(OC[C@H]1O[C@@H](n2cc(F)c(=O)n(C(=O)c3ccccc3)c2=O)C[C@@H]1OCc1ccccc1)c1cccc(C(=O)Oc2cc(O)c(Cl)cn2)c1. The summed E-state index contributed by atoms with van der Waals surface area (Å²) in [5.41, 5.74) is -1.78. The van der Waals surface area contributed by atoms with Crippen LogP contribution in [0.25, 0.3) is 0 Å². The van der Waals surface area contributed by atoms with E-state index in [9.17, 15) is 33.5 Å². The number of aromatic hydroxyl groups is 1. The minimum Gasteiger partial charge on any atom is -0.506 e. The molecule has 2 aromatic heterocycles. The van der Waals surface area contributed by atoms with Crippen LogP contribution in [0.3, 0.4) is 0 Å². The summed E-state index contributed by atoms with van der Waals surface area (Å²) in [6.45, 7) is -0.275. The molecule has 0 spiro atoms. The van der Waals surface area contributed by atoms with Crippen molar-refractivity contribution in [3.63, 3.8) is 0 Å². The summed E-state index contributed by atoms with van der Waals surface area (Å²) < 4.78 is 38.8. The Labute approximate surface area is 293 Å². The molecule has 0 aliphatic carbocycles. The van der Waals surface area contributed by atoms with E-state index in [1.54, 1.807) is 6.07 Å². The number of pyridine rings is 1. The van der Waals surface area contributed by atoms with Crippen molar-refractivity contribution in [3.8, 4) is 11.6 Å². The molecule has 3 heterocycles. The van der Waals surface area contributed by atoms with Gasteiger partial charge in [0.1, 0.15) is 29.7 Å². The van der Waals surface area contributed by atoms with Gasteiger partial charge in [0.05, 0.1) is 36.2 Å². The third-order valence-corrected chi connectivity index (χ3v) is 8.10. The van der Waals surface area contributed by atoms with E-state index in [0.717, 1.165) is 22.4 Å². The van der Waals surface area contributed by atoms with Crippen LogP contribution in [0.1, 0.15) is 49.3 Å². The number of ether oxygens (including phenoxy) is 4. The first-order chi connectivity index (χ1) is 24.6. The number of nitrogens with zero attached hydrogens (tertiary/aromatic N) is 3. The monoisotopic (exact) mass is 715 g/mol. The van der Waals surface area contributed by atoms with Gasteiger partial charge in [-0.25, -0.2) is 19.4 Å². The molecule has 0 saturated carbocycles. The Bertz CT molecular complexity index is 2210. The lowest BCUT2D eigenvalue weighted by atomic mass is 10.1. The van der Waals surface area contributed by atoms with Crippen LogP contribution < -0.4 is 16.0 Å². The van der Waals surface area contributed by atoms with Crippen molar-refractivity contribution in [2.24, 2.45) is 0 Å². The van der Waals surface area contributed by atoms with E-state index < -0.39 is 60.0 Å². The molecule has 6 rings (SSSR count). The van der Waals surface area contributed by atoms with E-state index in [-0.39, 0.29) is 50.9 Å². The Kier molecular flexibility index (Phi) is 10.5. The number of aromatic nitrogens is 3. The molecule has 1 saturated heterocycles. The van der Waals surface area contributed by atoms with Crippen LogP contribution >= 0.6 is 11.6 Å². The zero-order valence-electron chi connectivity index (χ0n) is 26.4. The van der Waals surface area contributed by atoms with Crippen LogP contribution in [0, 0.1) is 5.82 Å². The fraction of sp³-hybridized carbons (Fsp3) is 0.167. The minimum atomic E-state index is -1.42. The first-order valence-electron chi connectivity index (χ1n) is 15.4. The van der Waals surface area contributed by atoms with Gasteiger partial charge in [0, 0.05) is 18.1 Å². The van der Waals surface area contributed by atoms with E-state index in [4.69, 9.17) is 30.5 Å². The van der Waals surface area contributed by atoms with Crippen LogP contribution in [0.2, 0.25) is 5.02 Å². The minimum absolute atomic E-state index is 0.00618. The summed E-state index contributed by atoms with van der Waals surface area (Å²) in [5, 5.41) is 9.71. The molecule has 260 valence electrons. The molecule has 1 fully saturated rings. The zero-order chi connectivity index (χ0) is 36.1. The summed E-state index contributed by atoms with van der Waals surface area (Å²) in [5.74, 6) is -4.66. The normalized spacial score (nSPS) is 16.8. The quantitative estimate of drug-likeness (QED) is 0.202. The number of rotatable bonds is 10. The highest BCUT2D eigenvalue weighted by Gasteiger charge is 2.39. The van der Waals surface area contributed by atoms with Gasteiger partial charge in [-0.05, 0) is 35.9 Å². The van der Waals surface area contributed by atoms with Crippen LogP contribution in [0.4, 0.5) is 4.39 Å². The lowest BCUT2D eigenvalue weighted by molar-refractivity contribution is -0.0710. The smallest absolute Gasteiger partial charge is 0.344 e. The Balaban J connectivity index is 1.20. The van der Waals surface area contributed by atoms with E-state index in [2.05, 4.69) is 4.98 Å². The molecule has 15 heteroatoms. The summed E-state index contributed by atoms with van der Waals surface area (Å²) in [7, 11) is 0. The maximum Gasteiger partial charge on any atom is 0.344 e. The first kappa shape index (κ1) is 34.9. The Morgan fingerprint density at radius 2 is 1.59 bits per heavy atom. The average Bonchev–Trinajstić information content (AvgIpc) is 3.56. The lowest BCUT2D eigenvalue weighted by Gasteiger charge is -2.19. The van der Waals surface area contributed by atoms with E-state index in [1.807, 2.05) is 30.3 Å². The van der Waals surface area contributed by atoms with E-state index in [1.165, 1.54) is 48.5 Å². The topological polar surface area (TPSA) is 165 Å². The van der Waals surface area contributed by atoms with Crippen LogP contribution in [0.15, 0.2) is 113 Å². The largest absolute Gasteiger partial charge is 0.506 e. The maximum atomic E-state index is 14.9. The molecule has 51 heavy (non-hydrogen) atoms. The van der Waals surface area contributed by atoms with Gasteiger partial charge in [-0.15, -0.1) is 0 Å². The molecule has 13 nitrogen and oxygen atoms in total. The number of benzene rings is 3. The number of esters is 2. The van der Waals surface area contributed by atoms with Crippen molar-refractivity contribution in [2.75, 3.05) is 6.61 Å². The molecule has 0 amide bonds. The van der Waals surface area contributed by atoms with Crippen molar-refractivity contribution >= 4 is 29.4 Å². The zero-order valence-corrected chi connectivity index (χ0v) is 27.1. The number of hydrogen-bond donors (Lipinski definition) is 1. The predicted molar refractivity (Wildman–Crippen MR) is 177 cm³/mol. The average molecular weight is 716 g/mol. The van der Waals surface area contributed by atoms with Gasteiger partial charge >= 0.3 is 17.6 Å². The number of halogens is 2. The molecule has 0 radical (unpaired) electrons. The van der Waals surface area contributed by atoms with Gasteiger partial charge in [-0.2, -0.15) is 8.96 Å². The number of carbonyl (C=O) groups excluding carboxylic acids is 3. The predicted octanol–water partition coefficient (Wildman–Crippen LogP) is 4.54. The van der Waals surface area contributed by atoms with Crippen LogP contribution in [-0.2, 0) is 20.8 Å². The first-order valence-corrected chi connectivity index (χ1v) is 15.7. The maximum absolute atomic E-state index is 14.9. The Morgan fingerprint density at radius 3 is 2.29 bits per heavy atom. The van der Waals surface area contributed by atoms with Gasteiger partial charge in [-0.3, -0.25) is 14.2 Å². The Morgan fingerprint density at radius 1 is 0.922 bits per heavy atom. The van der Waals surface area contributed by atoms with Crippen LogP contribution in [-0.4, -0.2) is 55.9 Å². The standard InChI is InChI=1S/C36H27ClFN3O10/c37-25-17-39-30(15-27(25)42)51-35(46)24-13-7-12-23(14-24)34(45)49-20-29-28(48-19-21-8-3-1-4-9-21)16-31(50-29)40-18-26(38)33(44)41(36(40)47)32(43)22-10-5-2-6-11-22/h1-15,17-18,28-29,31H,16,19-20H2,(H,39,42)/t28-,29+,31+/m0/s1. The number of hydrogen-bond acceptors (Lipinski definition) is 11. The summed E-state index contributed by atoms with van der Waals surface area (Å²) in [4.78, 5) is 68.9. The molecule has 3 atom stereocenters. The van der Waals surface area contributed by atoms with Gasteiger partial charge in [0.2, 0.25) is 11.7 Å². The highest BCUT2D eigenvalue weighted by molar-refractivity contribution is 6.31. The Hall–Kier alpha value is -5.96. The second kappa shape index (κ2) is 15.3. The molecular formula is C36H27ClFN3O10. The lowest BCUT2D eigenvalue weighted by Crippen LogP contribution is -2.46. The molecule has 0 unspecified atom stereocenters. The number of carbonyl (C=O) groups is 3. The van der Waals surface area contributed by atoms with Crippen molar-refractivity contribution in [2.45, 2.75) is 31.5 Å². The van der Waals surface area contributed by atoms with Gasteiger partial charge in [0.25, 0.3) is 11.5 Å². The third-order valence-electron chi connectivity index (χ3n) is 7.81. The molecule has 3 aromatic carbocycles. The van der Waals surface area contributed by atoms with Crippen molar-refractivity contribution < 1.29 is 42.8 Å². The highest BCUT2D eigenvalue weighted by Crippen LogP contribution is 2.31. The fourth-order valence-electron chi connectivity index (χ4n) is 5.24. The fourth-order valence-corrected chi connectivity index (χ4v) is 5.35. The van der Waals surface area contributed by atoms with Gasteiger partial charge < -0.3 is 24.1 Å². The second-order valence-electron chi connectivity index (χ2n) is 11.2. The molecule has 1 aliphatic rings. The van der Waals surface area contributed by atoms with E-state index in [0.29, 0.717) is 6.20 Å². The van der Waals surface area contributed by atoms with Crippen molar-refractivity contribution in [3.05, 3.63) is 157 Å². The third kappa shape index (κ3) is 7.94. The molecular weight excluding hydrogens is 689 g/mol. The van der Waals surface area contributed by atoms with E-state index >= 15 is 0 Å². The highest BCUT2D eigenvalue weighted by atomic mass is 35.5. The molecule has 0 bridgehead atoms. The van der Waals surface area contributed by atoms with Crippen molar-refractivity contribution in [1.82, 2.24) is 14.1 Å².